The minimum atomic E-state index is 0.0957. The second-order valence-electron chi connectivity index (χ2n) is 5.91. The van der Waals surface area contributed by atoms with E-state index in [1.807, 2.05) is 6.20 Å². The number of imidazole rings is 1. The molecular formula is C16H28N4O2. The summed E-state index contributed by atoms with van der Waals surface area (Å²) in [4.78, 5) is 18.4. The Balaban J connectivity index is 1.68. The Morgan fingerprint density at radius 3 is 2.91 bits per heavy atom. The van der Waals surface area contributed by atoms with E-state index in [9.17, 15) is 4.79 Å². The molecule has 6 nitrogen and oxygen atoms in total. The first kappa shape index (κ1) is 17.0. The minimum absolute atomic E-state index is 0.0957. The normalized spacial score (nSPS) is 16.8. The first-order valence-electron chi connectivity index (χ1n) is 8.21. The van der Waals surface area contributed by atoms with Crippen molar-refractivity contribution >= 4 is 5.91 Å². The molecule has 0 unspecified atom stereocenters. The number of methoxy groups -OCH3 is 1. The van der Waals surface area contributed by atoms with Crippen LogP contribution in [0.2, 0.25) is 0 Å². The van der Waals surface area contributed by atoms with Crippen LogP contribution in [0.3, 0.4) is 0 Å². The quantitative estimate of drug-likeness (QED) is 0.726. The number of carbonyl (C=O) groups excluding carboxylic acids is 1. The number of aromatic nitrogens is 2. The number of piperidine rings is 1. The number of carbonyl (C=O) groups is 1. The number of ether oxygens (including phenoxy) is 1. The Morgan fingerprint density at radius 2 is 2.23 bits per heavy atom. The van der Waals surface area contributed by atoms with E-state index in [4.69, 9.17) is 4.74 Å². The molecule has 1 saturated heterocycles. The van der Waals surface area contributed by atoms with Gasteiger partial charge in [0.05, 0.1) is 13.2 Å². The zero-order valence-corrected chi connectivity index (χ0v) is 13.8. The van der Waals surface area contributed by atoms with Crippen LogP contribution in [0.4, 0.5) is 0 Å². The van der Waals surface area contributed by atoms with Gasteiger partial charge in [-0.25, -0.2) is 4.98 Å². The number of hydrogen-bond donors (Lipinski definition) is 1. The standard InChI is InChI=1S/C16H28N4O2/c1-3-15-17-6-10-20(15)12-14-4-8-19(9-5-14)13-16(21)18-7-11-22-2/h6,10,14H,3-5,7-9,11-13H2,1-2H3,(H,18,21). The lowest BCUT2D eigenvalue weighted by Gasteiger charge is -2.31. The van der Waals surface area contributed by atoms with Crippen molar-refractivity contribution in [3.05, 3.63) is 18.2 Å². The molecule has 1 fully saturated rings. The predicted molar refractivity (Wildman–Crippen MR) is 85.7 cm³/mol. The molecule has 0 spiro atoms. The van der Waals surface area contributed by atoms with Crippen molar-refractivity contribution in [2.24, 2.45) is 5.92 Å². The molecule has 0 bridgehead atoms. The van der Waals surface area contributed by atoms with Gasteiger partial charge < -0.3 is 14.6 Å². The van der Waals surface area contributed by atoms with Gasteiger partial charge in [-0.05, 0) is 31.8 Å². The average molecular weight is 308 g/mol. The molecule has 0 aromatic carbocycles. The SMILES string of the molecule is CCc1nccn1CC1CCN(CC(=O)NCCOC)CC1. The smallest absolute Gasteiger partial charge is 0.234 e. The van der Waals surface area contributed by atoms with Crippen LogP contribution in [0.5, 0.6) is 0 Å². The Bertz CT molecular complexity index is 453. The lowest BCUT2D eigenvalue weighted by molar-refractivity contribution is -0.122. The third-order valence-electron chi connectivity index (χ3n) is 4.28. The largest absolute Gasteiger partial charge is 0.383 e. The van der Waals surface area contributed by atoms with E-state index in [2.05, 4.69) is 32.9 Å². The summed E-state index contributed by atoms with van der Waals surface area (Å²) < 4.78 is 7.20. The zero-order chi connectivity index (χ0) is 15.8. The van der Waals surface area contributed by atoms with Gasteiger partial charge in [0.1, 0.15) is 5.82 Å². The topological polar surface area (TPSA) is 59.4 Å². The van der Waals surface area contributed by atoms with Crippen LogP contribution in [-0.4, -0.2) is 60.3 Å². The Labute approximate surface area is 132 Å². The van der Waals surface area contributed by atoms with E-state index < -0.39 is 0 Å². The van der Waals surface area contributed by atoms with Crippen LogP contribution >= 0.6 is 0 Å². The highest BCUT2D eigenvalue weighted by atomic mass is 16.5. The third-order valence-corrected chi connectivity index (χ3v) is 4.28. The molecule has 2 heterocycles. The van der Waals surface area contributed by atoms with E-state index in [0.29, 0.717) is 25.6 Å². The number of aryl methyl sites for hydroxylation is 1. The van der Waals surface area contributed by atoms with Gasteiger partial charge >= 0.3 is 0 Å². The van der Waals surface area contributed by atoms with E-state index in [-0.39, 0.29) is 5.91 Å². The third kappa shape index (κ3) is 5.10. The Morgan fingerprint density at radius 1 is 1.45 bits per heavy atom. The molecule has 124 valence electrons. The zero-order valence-electron chi connectivity index (χ0n) is 13.8. The fourth-order valence-electron chi connectivity index (χ4n) is 2.98. The van der Waals surface area contributed by atoms with Gasteiger partial charge in [0.25, 0.3) is 0 Å². The average Bonchev–Trinajstić information content (AvgIpc) is 2.97. The van der Waals surface area contributed by atoms with Gasteiger partial charge in [0.2, 0.25) is 5.91 Å². The maximum Gasteiger partial charge on any atom is 0.234 e. The number of amides is 1. The van der Waals surface area contributed by atoms with Gasteiger partial charge in [-0.3, -0.25) is 9.69 Å². The van der Waals surface area contributed by atoms with Gasteiger partial charge in [0.15, 0.2) is 0 Å². The molecular weight excluding hydrogens is 280 g/mol. The molecule has 22 heavy (non-hydrogen) atoms. The number of nitrogens with one attached hydrogen (secondary N) is 1. The number of hydrogen-bond acceptors (Lipinski definition) is 4. The lowest BCUT2D eigenvalue weighted by Crippen LogP contribution is -2.42. The van der Waals surface area contributed by atoms with Crippen LogP contribution in [0.25, 0.3) is 0 Å². The summed E-state index contributed by atoms with van der Waals surface area (Å²) in [7, 11) is 1.64. The summed E-state index contributed by atoms with van der Waals surface area (Å²) >= 11 is 0. The van der Waals surface area contributed by atoms with Crippen molar-refractivity contribution in [2.75, 3.05) is 39.9 Å². The first-order chi connectivity index (χ1) is 10.7. The lowest BCUT2D eigenvalue weighted by atomic mass is 9.96. The molecule has 1 N–H and O–H groups in total. The molecule has 6 heteroatoms. The number of nitrogens with zero attached hydrogens (tertiary/aromatic N) is 3. The number of likely N-dealkylation sites (tertiary alicyclic amines) is 1. The Hall–Kier alpha value is -1.40. The van der Waals surface area contributed by atoms with Gasteiger partial charge in [-0.1, -0.05) is 6.92 Å². The van der Waals surface area contributed by atoms with Crippen molar-refractivity contribution in [1.29, 1.82) is 0 Å². The highest BCUT2D eigenvalue weighted by Gasteiger charge is 2.21. The van der Waals surface area contributed by atoms with Gasteiger partial charge in [-0.15, -0.1) is 0 Å². The molecule has 1 aromatic rings. The monoisotopic (exact) mass is 308 g/mol. The van der Waals surface area contributed by atoms with Crippen molar-refractivity contribution in [3.63, 3.8) is 0 Å². The van der Waals surface area contributed by atoms with Crippen molar-refractivity contribution in [1.82, 2.24) is 19.8 Å². The van der Waals surface area contributed by atoms with Crippen LogP contribution in [-0.2, 0) is 22.5 Å². The molecule has 1 amide bonds. The Kier molecular flexibility index (Phi) is 6.86. The maximum absolute atomic E-state index is 11.8. The van der Waals surface area contributed by atoms with Crippen LogP contribution < -0.4 is 5.32 Å². The molecule has 1 aromatic heterocycles. The predicted octanol–water partition coefficient (Wildman–Crippen LogP) is 0.920. The highest BCUT2D eigenvalue weighted by Crippen LogP contribution is 2.19. The van der Waals surface area contributed by atoms with E-state index in [1.54, 1.807) is 7.11 Å². The van der Waals surface area contributed by atoms with E-state index in [0.717, 1.165) is 38.9 Å². The molecule has 0 atom stereocenters. The summed E-state index contributed by atoms with van der Waals surface area (Å²) in [6, 6.07) is 0. The summed E-state index contributed by atoms with van der Waals surface area (Å²) in [6.45, 7) is 6.85. The van der Waals surface area contributed by atoms with Crippen LogP contribution in [0.1, 0.15) is 25.6 Å². The van der Waals surface area contributed by atoms with Gasteiger partial charge in [0, 0.05) is 39.0 Å². The molecule has 2 rings (SSSR count). The molecule has 1 aliphatic heterocycles. The van der Waals surface area contributed by atoms with Crippen molar-refractivity contribution in [2.45, 2.75) is 32.7 Å². The van der Waals surface area contributed by atoms with E-state index >= 15 is 0 Å². The van der Waals surface area contributed by atoms with Crippen molar-refractivity contribution < 1.29 is 9.53 Å². The van der Waals surface area contributed by atoms with Crippen LogP contribution in [0.15, 0.2) is 12.4 Å². The van der Waals surface area contributed by atoms with Gasteiger partial charge in [-0.2, -0.15) is 0 Å². The second-order valence-corrected chi connectivity index (χ2v) is 5.91. The molecule has 1 aliphatic rings. The summed E-state index contributed by atoms with van der Waals surface area (Å²) in [5.41, 5.74) is 0. The second kappa shape index (κ2) is 8.90. The molecule has 0 radical (unpaired) electrons. The van der Waals surface area contributed by atoms with Crippen LogP contribution in [0, 0.1) is 5.92 Å². The summed E-state index contributed by atoms with van der Waals surface area (Å²) in [6.07, 6.45) is 7.24. The van der Waals surface area contributed by atoms with Crippen molar-refractivity contribution in [3.8, 4) is 0 Å². The minimum Gasteiger partial charge on any atom is -0.383 e. The molecule has 0 saturated carbocycles. The maximum atomic E-state index is 11.8. The first-order valence-corrected chi connectivity index (χ1v) is 8.21. The fourth-order valence-corrected chi connectivity index (χ4v) is 2.98. The summed E-state index contributed by atoms with van der Waals surface area (Å²) in [5.74, 6) is 1.95. The summed E-state index contributed by atoms with van der Waals surface area (Å²) in [5, 5.41) is 2.88. The van der Waals surface area contributed by atoms with E-state index in [1.165, 1.54) is 5.82 Å². The number of rotatable bonds is 8. The molecule has 0 aliphatic carbocycles. The highest BCUT2D eigenvalue weighted by molar-refractivity contribution is 5.77. The fraction of sp³-hybridized carbons (Fsp3) is 0.750.